The van der Waals surface area contributed by atoms with Crippen molar-refractivity contribution in [3.63, 3.8) is 0 Å². The first kappa shape index (κ1) is 438. The molecule has 0 heterocycles. The Morgan fingerprint density at radius 3 is 0.0938 bits per heavy atom. The van der Waals surface area contributed by atoms with Crippen LogP contribution < -0.4 is 0 Å². The Bertz CT molecular complexity index is 44.1. The van der Waals surface area contributed by atoms with Gasteiger partial charge in [-0.25, -0.2) is 0 Å². The smallest absolute Gasteiger partial charge is 0 e. The van der Waals surface area contributed by atoms with Crippen molar-refractivity contribution >= 4 is 360 Å². The Kier molecular flexibility index (Phi) is 5610. The zero-order valence-corrected chi connectivity index (χ0v) is 54.2. The molecule has 13 radical (unpaired) electrons. The Labute approximate surface area is 578 Å². The maximum absolute atomic E-state index is 0. The van der Waals surface area contributed by atoms with Gasteiger partial charge in [0.2, 0.25) is 0 Å². The van der Waals surface area contributed by atoms with E-state index in [-0.39, 0.29) is 598 Å². The van der Waals surface area contributed by atoms with Crippen molar-refractivity contribution in [2.45, 2.75) is 0 Å². The van der Waals surface area contributed by atoms with Gasteiger partial charge in [0.1, 0.15) is 0 Å². The maximum atomic E-state index is 0. The van der Waals surface area contributed by atoms with Gasteiger partial charge in [-0.1, -0.05) is 0 Å². The second-order valence-corrected chi connectivity index (χ2v) is 0. The summed E-state index contributed by atoms with van der Waals surface area (Å²) in [5, 5.41) is 0. The summed E-state index contributed by atoms with van der Waals surface area (Å²) in [6, 6.07) is 0. The van der Waals surface area contributed by atoms with Crippen LogP contribution in [0, 0.1) is 0 Å². The molecule has 0 aliphatic rings. The van der Waals surface area contributed by atoms with E-state index in [1.807, 2.05) is 0 Å². The predicted molar refractivity (Wildman–Crippen MR) is 109 cm³/mol. The van der Waals surface area contributed by atoms with Crippen molar-refractivity contribution in [1.82, 2.24) is 0 Å². The molecule has 38 N–H and O–H groups in total. The van der Waals surface area contributed by atoms with Gasteiger partial charge in [-0.05, 0) is 0 Å². The van der Waals surface area contributed by atoms with Crippen LogP contribution >= 0.6 is 0 Å². The fourth-order valence-corrected chi connectivity index (χ4v) is 0. The summed E-state index contributed by atoms with van der Waals surface area (Å²) >= 11 is 0. The number of hydrogen-bond donors (Lipinski definition) is 0. The third-order valence-electron chi connectivity index (χ3n) is 0. The topological polar surface area (TPSA) is 598 Å². The van der Waals surface area contributed by atoms with E-state index in [1.165, 1.54) is 0 Å². The average molecular weight is 1170 g/mol. The predicted octanol–water partition coefficient (Wildman–Crippen LogP) is -18.3. The van der Waals surface area contributed by atoms with Crippen molar-refractivity contribution in [2.24, 2.45) is 0 Å². The van der Waals surface area contributed by atoms with E-state index in [2.05, 4.69) is 0 Å². The first-order valence-electron chi connectivity index (χ1n) is 0. The fraction of sp³-hybridized carbons (Fsp3) is 0. The van der Waals surface area contributed by atoms with E-state index in [1.54, 1.807) is 0 Å². The van der Waals surface area contributed by atoms with E-state index in [0.717, 1.165) is 0 Å². The Morgan fingerprint density at radius 1 is 0.0938 bits per heavy atom. The van der Waals surface area contributed by atoms with Crippen molar-refractivity contribution in [3.05, 3.63) is 0 Å². The Morgan fingerprint density at radius 2 is 0.0938 bits per heavy atom. The van der Waals surface area contributed by atoms with Crippen LogP contribution in [0.5, 0.6) is 0 Å². The van der Waals surface area contributed by atoms with Gasteiger partial charge in [-0.3, -0.25) is 0 Å². The molecule has 0 aromatic rings. The van der Waals surface area contributed by atoms with E-state index < -0.39 is 0 Å². The van der Waals surface area contributed by atoms with Gasteiger partial charge in [0.15, 0.2) is 0 Å². The summed E-state index contributed by atoms with van der Waals surface area (Å²) in [5.74, 6) is 0. The third-order valence-corrected chi connectivity index (χ3v) is 0. The first-order valence-corrected chi connectivity index (χ1v) is 0. The quantitative estimate of drug-likeness (QED) is 0.204. The van der Waals surface area contributed by atoms with Crippen molar-refractivity contribution in [2.75, 3.05) is 0 Å². The maximum Gasteiger partial charge on any atom is 0 e. The van der Waals surface area contributed by atoms with E-state index in [4.69, 9.17) is 0 Å². The molecule has 32 heteroatoms. The van der Waals surface area contributed by atoms with Crippen LogP contribution in [0.3, 0.4) is 0 Å². The summed E-state index contributed by atoms with van der Waals surface area (Å²) in [5.41, 5.74) is 0. The summed E-state index contributed by atoms with van der Waals surface area (Å²) in [6.45, 7) is 0. The fourth-order valence-electron chi connectivity index (χ4n) is 0. The van der Waals surface area contributed by atoms with Gasteiger partial charge in [-0.2, -0.15) is 0 Å². The monoisotopic (exact) mass is 1170 g/mol. The van der Waals surface area contributed by atoms with Gasteiger partial charge in [0.25, 0.3) is 0 Å². The Hall–Kier alpha value is 15.1. The molecule has 0 spiro atoms. The largest absolute Gasteiger partial charge is 0.412 e. The molecule has 0 saturated carbocycles. The molecule has 0 atom stereocenters. The zero-order chi connectivity index (χ0) is 0. The molecule has 189 valence electrons. The molecule has 0 aliphatic carbocycles. The summed E-state index contributed by atoms with van der Waals surface area (Å²) in [4.78, 5) is 0. The van der Waals surface area contributed by atoms with Crippen LogP contribution in [-0.2, 0) is 134 Å². The van der Waals surface area contributed by atoms with Crippen LogP contribution in [-0.4, -0.2) is 464 Å². The molecule has 32 heavy (non-hydrogen) atoms. The van der Waals surface area contributed by atoms with Gasteiger partial charge in [-0.15, -0.1) is 0 Å². The molecular weight excluding hydrogens is 1140 g/mol. The minimum Gasteiger partial charge on any atom is -0.412 e. The summed E-state index contributed by atoms with van der Waals surface area (Å²) < 4.78 is 0. The Balaban J connectivity index is 0. The van der Waals surface area contributed by atoms with Crippen LogP contribution in [0.1, 0.15) is 0 Å². The number of hydrogen-bond acceptors (Lipinski definition) is 0. The molecule has 0 aromatic carbocycles. The van der Waals surface area contributed by atoms with Crippen LogP contribution in [0.4, 0.5) is 0 Å². The summed E-state index contributed by atoms with van der Waals surface area (Å²) in [7, 11) is 0. The zero-order valence-electron chi connectivity index (χ0n) is 19.2. The van der Waals surface area contributed by atoms with Gasteiger partial charge >= 0.3 is 0 Å². The van der Waals surface area contributed by atoms with Gasteiger partial charge in [0, 0.05) is 494 Å². The minimum atomic E-state index is 0. The first-order chi connectivity index (χ1) is 0. The minimum absolute atomic E-state index is 0. The second-order valence-electron chi connectivity index (χ2n) is 0. The molecule has 0 rings (SSSR count). The molecular formula is H38K7Nb6O19. The molecule has 0 unspecified atom stereocenters. The van der Waals surface area contributed by atoms with Crippen molar-refractivity contribution in [1.29, 1.82) is 0 Å². The molecule has 0 aliphatic heterocycles. The van der Waals surface area contributed by atoms with Crippen LogP contribution in [0.15, 0.2) is 0 Å². The molecule has 0 saturated heterocycles. The van der Waals surface area contributed by atoms with Crippen molar-refractivity contribution < 1.29 is 238 Å². The SMILES string of the molecule is O.O.O.O.O.O.O.O.O.O.O.O.O.O.O.O.O.O.O.[K].[K].[K].[K].[K].[K].[K].[Nb].[Nb].[Nb].[Nb].[Nb].[Nb]. The van der Waals surface area contributed by atoms with Crippen molar-refractivity contribution in [3.8, 4) is 0 Å². The second kappa shape index (κ2) is 410. The number of rotatable bonds is 0. The molecule has 0 fully saturated rings. The van der Waals surface area contributed by atoms with Gasteiger partial charge < -0.3 is 104 Å². The standard InChI is InChI=1S/7K.6Nb.19H2O/h;;;;;;;;;;;;;19*1H2. The van der Waals surface area contributed by atoms with E-state index in [0.29, 0.717) is 0 Å². The molecule has 0 bridgehead atoms. The normalized spacial score (nSPS) is 0. The third kappa shape index (κ3) is 384. The van der Waals surface area contributed by atoms with Gasteiger partial charge in [0.05, 0.1) is 0 Å². The van der Waals surface area contributed by atoms with Crippen LogP contribution in [0.25, 0.3) is 0 Å². The average Bonchev–Trinajstić information content (AvgIpc) is 0. The van der Waals surface area contributed by atoms with Crippen LogP contribution in [0.2, 0.25) is 0 Å². The molecule has 0 aromatic heterocycles. The van der Waals surface area contributed by atoms with E-state index in [9.17, 15) is 0 Å². The van der Waals surface area contributed by atoms with E-state index >= 15 is 0 Å². The summed E-state index contributed by atoms with van der Waals surface area (Å²) in [6.07, 6.45) is 0. The molecule has 0 amide bonds. The molecule has 19 nitrogen and oxygen atoms in total.